The standard InChI is InChI=1S/C11H15N5O2/c1-18-6-8-4-9-14-15-11(17)16(9)10(13-8)12-5-7-2-3-7/h4,7H,2-3,5-6H2,1H3,(H,12,13)(H,15,17). The summed E-state index contributed by atoms with van der Waals surface area (Å²) in [5.74, 6) is 1.24. The van der Waals surface area contributed by atoms with E-state index in [1.807, 2.05) is 0 Å². The minimum absolute atomic E-state index is 0.278. The molecule has 2 aromatic rings. The molecule has 7 heteroatoms. The molecule has 3 rings (SSSR count). The zero-order chi connectivity index (χ0) is 12.5. The first-order valence-electron chi connectivity index (χ1n) is 5.98. The molecule has 1 aliphatic carbocycles. The van der Waals surface area contributed by atoms with Crippen LogP contribution < -0.4 is 11.0 Å². The van der Waals surface area contributed by atoms with Gasteiger partial charge in [0.25, 0.3) is 0 Å². The Morgan fingerprint density at radius 1 is 1.61 bits per heavy atom. The number of anilines is 1. The van der Waals surface area contributed by atoms with Crippen molar-refractivity contribution in [2.45, 2.75) is 19.4 Å². The number of fused-ring (bicyclic) bond motifs is 1. The molecule has 0 aromatic carbocycles. The van der Waals surface area contributed by atoms with Gasteiger partial charge >= 0.3 is 5.69 Å². The lowest BCUT2D eigenvalue weighted by Gasteiger charge is -2.08. The van der Waals surface area contributed by atoms with E-state index in [0.29, 0.717) is 24.1 Å². The predicted molar refractivity (Wildman–Crippen MR) is 65.5 cm³/mol. The number of nitrogens with one attached hydrogen (secondary N) is 2. The summed E-state index contributed by atoms with van der Waals surface area (Å²) in [6.45, 7) is 1.24. The fraction of sp³-hybridized carbons (Fsp3) is 0.545. The first kappa shape index (κ1) is 11.2. The molecular formula is C11H15N5O2. The Bertz CT molecular complexity index is 613. The van der Waals surface area contributed by atoms with Gasteiger partial charge in [0, 0.05) is 19.7 Å². The van der Waals surface area contributed by atoms with Gasteiger partial charge < -0.3 is 10.1 Å². The molecule has 1 aliphatic rings. The average Bonchev–Trinajstić information content (AvgIpc) is 3.11. The zero-order valence-corrected chi connectivity index (χ0v) is 10.1. The molecule has 0 amide bonds. The highest BCUT2D eigenvalue weighted by Crippen LogP contribution is 2.28. The minimum atomic E-state index is -0.278. The Morgan fingerprint density at radius 3 is 3.17 bits per heavy atom. The van der Waals surface area contributed by atoms with E-state index in [0.717, 1.165) is 12.2 Å². The van der Waals surface area contributed by atoms with Gasteiger partial charge in [-0.05, 0) is 18.8 Å². The van der Waals surface area contributed by atoms with Crippen LogP contribution in [-0.2, 0) is 11.3 Å². The second-order valence-corrected chi connectivity index (χ2v) is 4.55. The summed E-state index contributed by atoms with van der Waals surface area (Å²) in [5.41, 5.74) is 1.03. The summed E-state index contributed by atoms with van der Waals surface area (Å²) in [4.78, 5) is 16.1. The molecule has 0 radical (unpaired) electrons. The zero-order valence-electron chi connectivity index (χ0n) is 10.1. The molecule has 1 fully saturated rings. The van der Waals surface area contributed by atoms with E-state index in [2.05, 4.69) is 20.5 Å². The maximum Gasteiger partial charge on any atom is 0.350 e. The molecule has 96 valence electrons. The Balaban J connectivity index is 1.99. The largest absolute Gasteiger partial charge is 0.378 e. The lowest BCUT2D eigenvalue weighted by Crippen LogP contribution is -2.18. The van der Waals surface area contributed by atoms with Crippen molar-refractivity contribution in [3.8, 4) is 0 Å². The maximum absolute atomic E-state index is 11.7. The fourth-order valence-corrected chi connectivity index (χ4v) is 1.88. The highest BCUT2D eigenvalue weighted by atomic mass is 16.5. The van der Waals surface area contributed by atoms with Crippen LogP contribution in [0.1, 0.15) is 18.5 Å². The van der Waals surface area contributed by atoms with Crippen molar-refractivity contribution in [1.29, 1.82) is 0 Å². The molecule has 0 atom stereocenters. The van der Waals surface area contributed by atoms with Crippen molar-refractivity contribution >= 4 is 11.6 Å². The van der Waals surface area contributed by atoms with Crippen molar-refractivity contribution in [3.63, 3.8) is 0 Å². The minimum Gasteiger partial charge on any atom is -0.378 e. The highest BCUT2D eigenvalue weighted by molar-refractivity contribution is 5.45. The van der Waals surface area contributed by atoms with E-state index >= 15 is 0 Å². The summed E-state index contributed by atoms with van der Waals surface area (Å²) >= 11 is 0. The van der Waals surface area contributed by atoms with Crippen LogP contribution in [0.3, 0.4) is 0 Å². The van der Waals surface area contributed by atoms with Crippen LogP contribution in [0.4, 0.5) is 5.95 Å². The van der Waals surface area contributed by atoms with Crippen LogP contribution in [0.5, 0.6) is 0 Å². The van der Waals surface area contributed by atoms with Gasteiger partial charge in [-0.25, -0.2) is 19.3 Å². The van der Waals surface area contributed by atoms with Gasteiger partial charge in [0.05, 0.1) is 12.3 Å². The summed E-state index contributed by atoms with van der Waals surface area (Å²) in [5, 5.41) is 9.59. The number of aromatic amines is 1. The van der Waals surface area contributed by atoms with Crippen molar-refractivity contribution in [3.05, 3.63) is 22.2 Å². The third-order valence-corrected chi connectivity index (χ3v) is 2.99. The highest BCUT2D eigenvalue weighted by Gasteiger charge is 2.21. The first-order valence-corrected chi connectivity index (χ1v) is 5.98. The van der Waals surface area contributed by atoms with Gasteiger partial charge in [-0.15, -0.1) is 0 Å². The Kier molecular flexibility index (Phi) is 2.75. The van der Waals surface area contributed by atoms with Gasteiger partial charge in [-0.3, -0.25) is 0 Å². The van der Waals surface area contributed by atoms with Crippen LogP contribution in [-0.4, -0.2) is 33.2 Å². The molecular weight excluding hydrogens is 234 g/mol. The molecule has 0 saturated heterocycles. The van der Waals surface area contributed by atoms with Gasteiger partial charge in [0.1, 0.15) is 0 Å². The van der Waals surface area contributed by atoms with E-state index in [-0.39, 0.29) is 5.69 Å². The number of H-pyrrole nitrogens is 1. The number of hydrogen-bond donors (Lipinski definition) is 2. The van der Waals surface area contributed by atoms with E-state index < -0.39 is 0 Å². The van der Waals surface area contributed by atoms with Crippen molar-refractivity contribution in [2.75, 3.05) is 19.0 Å². The monoisotopic (exact) mass is 249 g/mol. The SMILES string of the molecule is COCc1cc2n[nH]c(=O)n2c(NCC2CC2)n1. The van der Waals surface area contributed by atoms with Crippen molar-refractivity contribution in [2.24, 2.45) is 5.92 Å². The molecule has 0 unspecified atom stereocenters. The summed E-state index contributed by atoms with van der Waals surface area (Å²) in [7, 11) is 1.61. The molecule has 1 saturated carbocycles. The summed E-state index contributed by atoms with van der Waals surface area (Å²) < 4.78 is 6.51. The number of ether oxygens (including phenoxy) is 1. The molecule has 0 bridgehead atoms. The summed E-state index contributed by atoms with van der Waals surface area (Å²) in [6, 6.07) is 1.74. The number of methoxy groups -OCH3 is 1. The maximum atomic E-state index is 11.7. The first-order chi connectivity index (χ1) is 8.78. The van der Waals surface area contributed by atoms with Gasteiger partial charge in [-0.1, -0.05) is 0 Å². The van der Waals surface area contributed by atoms with Crippen LogP contribution in [0, 0.1) is 5.92 Å². The molecule has 2 aromatic heterocycles. The lowest BCUT2D eigenvalue weighted by molar-refractivity contribution is 0.181. The third-order valence-electron chi connectivity index (χ3n) is 2.99. The van der Waals surface area contributed by atoms with Crippen LogP contribution >= 0.6 is 0 Å². The Hall–Kier alpha value is -1.89. The fourth-order valence-electron chi connectivity index (χ4n) is 1.88. The third kappa shape index (κ3) is 2.08. The Labute approximate surface area is 103 Å². The van der Waals surface area contributed by atoms with Crippen LogP contribution in [0.15, 0.2) is 10.9 Å². The summed E-state index contributed by atoms with van der Waals surface area (Å²) in [6.07, 6.45) is 2.49. The molecule has 18 heavy (non-hydrogen) atoms. The number of rotatable bonds is 5. The molecule has 0 spiro atoms. The van der Waals surface area contributed by atoms with E-state index in [9.17, 15) is 4.79 Å². The second-order valence-electron chi connectivity index (χ2n) is 4.55. The molecule has 2 heterocycles. The smallest absolute Gasteiger partial charge is 0.350 e. The van der Waals surface area contributed by atoms with Crippen LogP contribution in [0.25, 0.3) is 5.65 Å². The van der Waals surface area contributed by atoms with Crippen molar-refractivity contribution in [1.82, 2.24) is 19.6 Å². The molecule has 0 aliphatic heterocycles. The number of hydrogen-bond acceptors (Lipinski definition) is 5. The quantitative estimate of drug-likeness (QED) is 0.800. The number of aromatic nitrogens is 4. The second kappa shape index (κ2) is 4.41. The van der Waals surface area contributed by atoms with E-state index in [4.69, 9.17) is 4.74 Å². The van der Waals surface area contributed by atoms with Crippen LogP contribution in [0.2, 0.25) is 0 Å². The van der Waals surface area contributed by atoms with Gasteiger partial charge in [-0.2, -0.15) is 5.10 Å². The van der Waals surface area contributed by atoms with E-state index in [1.165, 1.54) is 17.2 Å². The molecule has 2 N–H and O–H groups in total. The van der Waals surface area contributed by atoms with Crippen molar-refractivity contribution < 1.29 is 4.74 Å². The predicted octanol–water partition coefficient (Wildman–Crippen LogP) is 0.386. The number of nitrogens with zero attached hydrogens (tertiary/aromatic N) is 3. The average molecular weight is 249 g/mol. The van der Waals surface area contributed by atoms with Gasteiger partial charge in [0.15, 0.2) is 5.65 Å². The Morgan fingerprint density at radius 2 is 2.44 bits per heavy atom. The topological polar surface area (TPSA) is 84.3 Å². The van der Waals surface area contributed by atoms with E-state index in [1.54, 1.807) is 13.2 Å². The van der Waals surface area contributed by atoms with Gasteiger partial charge in [0.2, 0.25) is 5.95 Å². The lowest BCUT2D eigenvalue weighted by atomic mass is 10.4. The normalized spacial score (nSPS) is 15.2. The molecule has 7 nitrogen and oxygen atoms in total.